The number of alkyl halides is 1. The van der Waals surface area contributed by atoms with Crippen LogP contribution in [0.4, 0.5) is 4.39 Å². The molecule has 6 heteroatoms. The van der Waals surface area contributed by atoms with E-state index in [0.29, 0.717) is 35.0 Å². The van der Waals surface area contributed by atoms with Crippen molar-refractivity contribution in [3.05, 3.63) is 33.8 Å². The molecule has 128 valence electrons. The monoisotopic (exact) mass is 360 g/mol. The van der Waals surface area contributed by atoms with Crippen LogP contribution < -0.4 is 10.6 Å². The second-order valence-corrected chi connectivity index (χ2v) is 7.47. The molecule has 1 aromatic carbocycles. The molecule has 1 amide bonds. The van der Waals surface area contributed by atoms with Gasteiger partial charge in [0, 0.05) is 27.6 Å². The quantitative estimate of drug-likeness (QED) is 0.830. The molecule has 1 aliphatic rings. The molecule has 2 N–H and O–H groups in total. The fourth-order valence-corrected chi connectivity index (χ4v) is 3.75. The van der Waals surface area contributed by atoms with Crippen molar-refractivity contribution < 1.29 is 9.18 Å². The van der Waals surface area contributed by atoms with Crippen molar-refractivity contribution in [1.82, 2.24) is 10.6 Å². The lowest BCUT2D eigenvalue weighted by atomic mass is 9.71. The van der Waals surface area contributed by atoms with Gasteiger partial charge < -0.3 is 10.6 Å². The third kappa shape index (κ3) is 4.59. The summed E-state index contributed by atoms with van der Waals surface area (Å²) in [7, 11) is 0. The molecular weight excluding hydrogens is 338 g/mol. The number of hydrogen-bond acceptors (Lipinski definition) is 2. The average molecular weight is 361 g/mol. The summed E-state index contributed by atoms with van der Waals surface area (Å²) in [5.41, 5.74) is -0.121. The van der Waals surface area contributed by atoms with Crippen molar-refractivity contribution in [2.24, 2.45) is 11.3 Å². The van der Waals surface area contributed by atoms with Crippen LogP contribution in [0.25, 0.3) is 0 Å². The van der Waals surface area contributed by atoms with Gasteiger partial charge in [-0.05, 0) is 50.0 Å². The molecule has 3 nitrogen and oxygen atoms in total. The maximum Gasteiger partial charge on any atom is 0.251 e. The van der Waals surface area contributed by atoms with E-state index in [4.69, 9.17) is 23.2 Å². The van der Waals surface area contributed by atoms with Gasteiger partial charge in [-0.15, -0.1) is 0 Å². The highest BCUT2D eigenvalue weighted by Gasteiger charge is 2.42. The van der Waals surface area contributed by atoms with E-state index in [2.05, 4.69) is 10.6 Å². The first kappa shape index (κ1) is 18.5. The zero-order valence-electron chi connectivity index (χ0n) is 13.5. The molecule has 1 aliphatic heterocycles. The van der Waals surface area contributed by atoms with E-state index >= 15 is 0 Å². The summed E-state index contributed by atoms with van der Waals surface area (Å²) >= 11 is 11.9. The SMILES string of the molecule is CC(C)C(F)C1(CNC(=O)c2cc(Cl)cc(Cl)c2)CCNCC1. The Balaban J connectivity index is 2.10. The minimum Gasteiger partial charge on any atom is -0.351 e. The van der Waals surface area contributed by atoms with Gasteiger partial charge in [0.25, 0.3) is 5.91 Å². The highest BCUT2D eigenvalue weighted by atomic mass is 35.5. The zero-order valence-corrected chi connectivity index (χ0v) is 15.0. The van der Waals surface area contributed by atoms with E-state index in [1.54, 1.807) is 18.2 Å². The number of carbonyl (C=O) groups excluding carboxylic acids is 1. The summed E-state index contributed by atoms with van der Waals surface area (Å²) in [4.78, 5) is 12.4. The summed E-state index contributed by atoms with van der Waals surface area (Å²) in [6, 6.07) is 4.70. The van der Waals surface area contributed by atoms with E-state index in [-0.39, 0.29) is 11.8 Å². The van der Waals surface area contributed by atoms with E-state index in [0.717, 1.165) is 13.1 Å². The third-order valence-corrected chi connectivity index (χ3v) is 4.93. The van der Waals surface area contributed by atoms with Crippen molar-refractivity contribution in [1.29, 1.82) is 0 Å². The molecule has 1 unspecified atom stereocenters. The van der Waals surface area contributed by atoms with Crippen LogP contribution in [-0.4, -0.2) is 31.7 Å². The minimum atomic E-state index is -0.951. The van der Waals surface area contributed by atoms with Gasteiger partial charge in [-0.2, -0.15) is 0 Å². The summed E-state index contributed by atoms with van der Waals surface area (Å²) < 4.78 is 14.8. The summed E-state index contributed by atoms with van der Waals surface area (Å²) in [5.74, 6) is -0.353. The smallest absolute Gasteiger partial charge is 0.251 e. The van der Waals surface area contributed by atoms with Gasteiger partial charge in [-0.1, -0.05) is 37.0 Å². The Morgan fingerprint density at radius 2 is 1.83 bits per heavy atom. The minimum absolute atomic E-state index is 0.0781. The van der Waals surface area contributed by atoms with Gasteiger partial charge in [0.05, 0.1) is 0 Å². The predicted octanol–water partition coefficient (Wildman–Crippen LogP) is 4.09. The van der Waals surface area contributed by atoms with Crippen LogP contribution >= 0.6 is 23.2 Å². The second kappa shape index (κ2) is 7.82. The predicted molar refractivity (Wildman–Crippen MR) is 93.1 cm³/mol. The van der Waals surface area contributed by atoms with E-state index in [1.165, 1.54) is 0 Å². The Morgan fingerprint density at radius 1 is 1.26 bits per heavy atom. The molecule has 1 fully saturated rings. The molecule has 0 aromatic heterocycles. The van der Waals surface area contributed by atoms with Gasteiger partial charge in [-0.25, -0.2) is 4.39 Å². The molecule has 1 aromatic rings. The molecule has 2 rings (SSSR count). The van der Waals surface area contributed by atoms with Crippen LogP contribution in [0, 0.1) is 11.3 Å². The van der Waals surface area contributed by atoms with E-state index < -0.39 is 11.6 Å². The molecule has 0 radical (unpaired) electrons. The standard InChI is InChI=1S/C17H23Cl2FN2O/c1-11(2)15(20)17(3-5-21-6-4-17)10-22-16(23)12-7-13(18)9-14(19)8-12/h7-9,11,15,21H,3-6,10H2,1-2H3,(H,22,23). The molecule has 0 saturated carbocycles. The van der Waals surface area contributed by atoms with Crippen LogP contribution in [0.3, 0.4) is 0 Å². The third-order valence-electron chi connectivity index (χ3n) is 4.50. The van der Waals surface area contributed by atoms with Gasteiger partial charge in [0.15, 0.2) is 0 Å². The number of amides is 1. The van der Waals surface area contributed by atoms with Gasteiger partial charge in [0.1, 0.15) is 6.17 Å². The fourth-order valence-electron chi connectivity index (χ4n) is 3.23. The number of hydrogen-bond donors (Lipinski definition) is 2. The van der Waals surface area contributed by atoms with Crippen molar-refractivity contribution in [2.75, 3.05) is 19.6 Å². The molecule has 1 atom stereocenters. The molecular formula is C17H23Cl2FN2O. The number of benzene rings is 1. The van der Waals surface area contributed by atoms with Crippen LogP contribution in [-0.2, 0) is 0 Å². The van der Waals surface area contributed by atoms with Crippen LogP contribution in [0.5, 0.6) is 0 Å². The maximum absolute atomic E-state index is 14.8. The summed E-state index contributed by atoms with van der Waals surface area (Å²) in [6.07, 6.45) is 0.471. The number of piperidine rings is 1. The van der Waals surface area contributed by atoms with E-state index in [9.17, 15) is 9.18 Å². The molecule has 1 saturated heterocycles. The average Bonchev–Trinajstić information content (AvgIpc) is 2.51. The summed E-state index contributed by atoms with van der Waals surface area (Å²) in [5, 5.41) is 6.94. The Morgan fingerprint density at radius 3 is 2.35 bits per heavy atom. The van der Waals surface area contributed by atoms with Crippen molar-refractivity contribution in [3.8, 4) is 0 Å². The lowest BCUT2D eigenvalue weighted by molar-refractivity contribution is 0.0344. The first-order chi connectivity index (χ1) is 10.8. The Kier molecular flexibility index (Phi) is 6.29. The molecule has 0 bridgehead atoms. The maximum atomic E-state index is 14.8. The number of rotatable bonds is 5. The van der Waals surface area contributed by atoms with E-state index in [1.807, 2.05) is 13.8 Å². The van der Waals surface area contributed by atoms with Crippen LogP contribution in [0.1, 0.15) is 37.0 Å². The van der Waals surface area contributed by atoms with Gasteiger partial charge >= 0.3 is 0 Å². The highest BCUT2D eigenvalue weighted by molar-refractivity contribution is 6.35. The fraction of sp³-hybridized carbons (Fsp3) is 0.588. The van der Waals surface area contributed by atoms with Crippen LogP contribution in [0.15, 0.2) is 18.2 Å². The Labute approximate surface area is 146 Å². The largest absolute Gasteiger partial charge is 0.351 e. The normalized spacial score (nSPS) is 18.7. The molecule has 1 heterocycles. The Hall–Kier alpha value is -0.840. The highest BCUT2D eigenvalue weighted by Crippen LogP contribution is 2.37. The number of halogens is 3. The lowest BCUT2D eigenvalue weighted by Crippen LogP contribution is -2.51. The van der Waals surface area contributed by atoms with Crippen molar-refractivity contribution in [3.63, 3.8) is 0 Å². The zero-order chi connectivity index (χ0) is 17.0. The molecule has 0 aliphatic carbocycles. The van der Waals surface area contributed by atoms with Gasteiger partial charge in [-0.3, -0.25) is 4.79 Å². The van der Waals surface area contributed by atoms with Crippen molar-refractivity contribution >= 4 is 29.1 Å². The second-order valence-electron chi connectivity index (χ2n) is 6.60. The van der Waals surface area contributed by atoms with Crippen LogP contribution in [0.2, 0.25) is 10.0 Å². The Bertz CT molecular complexity index is 539. The lowest BCUT2D eigenvalue weighted by Gasteiger charge is -2.42. The topological polar surface area (TPSA) is 41.1 Å². The number of carbonyl (C=O) groups is 1. The van der Waals surface area contributed by atoms with Gasteiger partial charge in [0.2, 0.25) is 0 Å². The number of nitrogens with one attached hydrogen (secondary N) is 2. The van der Waals surface area contributed by atoms with Crippen molar-refractivity contribution in [2.45, 2.75) is 32.9 Å². The first-order valence-corrected chi connectivity index (χ1v) is 8.69. The first-order valence-electron chi connectivity index (χ1n) is 7.93. The molecule has 0 spiro atoms. The summed E-state index contributed by atoms with van der Waals surface area (Å²) in [6.45, 7) is 5.62. The molecule has 23 heavy (non-hydrogen) atoms.